The Hall–Kier alpha value is -1.97. The van der Waals surface area contributed by atoms with Gasteiger partial charge >= 0.3 is 0 Å². The minimum Gasteiger partial charge on any atom is -0.506 e. The lowest BCUT2D eigenvalue weighted by Gasteiger charge is -2.02. The zero-order valence-electron chi connectivity index (χ0n) is 6.74. The molecule has 2 rings (SSSR count). The molecule has 2 aromatic rings. The Morgan fingerprint density at radius 1 is 1.23 bits per heavy atom. The van der Waals surface area contributed by atoms with Crippen molar-refractivity contribution in [3.05, 3.63) is 34.6 Å². The number of nitrogen functional groups attached to an aromatic ring is 1. The Balaban J connectivity index is 3.00. The Labute approximate surface area is 73.6 Å². The smallest absolute Gasteiger partial charge is 0.248 e. The standard InChI is InChI=1S/C9H8N2O2/c10-6-2-3-7(12)9-5(6)1-4-8(13)11-9/h1-4,12H,10H2,(H,11,13). The number of benzene rings is 1. The number of hydrogen-bond acceptors (Lipinski definition) is 3. The maximum Gasteiger partial charge on any atom is 0.248 e. The molecule has 0 atom stereocenters. The number of aromatic nitrogens is 1. The lowest BCUT2D eigenvalue weighted by molar-refractivity contribution is 0.480. The lowest BCUT2D eigenvalue weighted by Crippen LogP contribution is -2.03. The molecule has 0 bridgehead atoms. The van der Waals surface area contributed by atoms with Gasteiger partial charge in [0.1, 0.15) is 5.75 Å². The molecule has 0 spiro atoms. The highest BCUT2D eigenvalue weighted by atomic mass is 16.3. The monoisotopic (exact) mass is 176 g/mol. The minimum atomic E-state index is -0.256. The Kier molecular flexibility index (Phi) is 1.48. The molecule has 0 amide bonds. The van der Waals surface area contributed by atoms with Crippen molar-refractivity contribution in [2.24, 2.45) is 0 Å². The number of nitrogens with two attached hydrogens (primary N) is 1. The van der Waals surface area contributed by atoms with E-state index < -0.39 is 0 Å². The van der Waals surface area contributed by atoms with Crippen LogP contribution in [0.1, 0.15) is 0 Å². The van der Waals surface area contributed by atoms with E-state index in [-0.39, 0.29) is 11.3 Å². The van der Waals surface area contributed by atoms with Crippen LogP contribution in [0.15, 0.2) is 29.1 Å². The van der Waals surface area contributed by atoms with E-state index in [1.54, 1.807) is 12.1 Å². The second kappa shape index (κ2) is 2.52. The number of aromatic amines is 1. The molecule has 1 aromatic carbocycles. The Morgan fingerprint density at radius 3 is 2.77 bits per heavy atom. The van der Waals surface area contributed by atoms with E-state index >= 15 is 0 Å². The molecule has 0 aliphatic carbocycles. The molecule has 4 N–H and O–H groups in total. The third-order valence-corrected chi connectivity index (χ3v) is 1.91. The molecule has 0 fully saturated rings. The molecular weight excluding hydrogens is 168 g/mol. The van der Waals surface area contributed by atoms with Gasteiger partial charge in [0, 0.05) is 17.1 Å². The summed E-state index contributed by atoms with van der Waals surface area (Å²) < 4.78 is 0. The quantitative estimate of drug-likeness (QED) is 0.410. The predicted octanol–water partition coefficient (Wildman–Crippen LogP) is 0.816. The normalized spacial score (nSPS) is 10.5. The summed E-state index contributed by atoms with van der Waals surface area (Å²) >= 11 is 0. The summed E-state index contributed by atoms with van der Waals surface area (Å²) in [5, 5.41) is 10.0. The molecule has 0 aliphatic heterocycles. The van der Waals surface area contributed by atoms with Gasteiger partial charge in [0.05, 0.1) is 5.52 Å². The number of anilines is 1. The molecule has 66 valence electrons. The second-order valence-corrected chi connectivity index (χ2v) is 2.79. The summed E-state index contributed by atoms with van der Waals surface area (Å²) in [5.41, 5.74) is 6.30. The molecule has 1 heterocycles. The highest BCUT2D eigenvalue weighted by Crippen LogP contribution is 2.25. The van der Waals surface area contributed by atoms with Crippen molar-refractivity contribution in [2.45, 2.75) is 0 Å². The molecule has 0 saturated carbocycles. The van der Waals surface area contributed by atoms with Crippen LogP contribution >= 0.6 is 0 Å². The van der Waals surface area contributed by atoms with Crippen molar-refractivity contribution < 1.29 is 5.11 Å². The van der Waals surface area contributed by atoms with Gasteiger partial charge in [-0.15, -0.1) is 0 Å². The van der Waals surface area contributed by atoms with E-state index in [1.807, 2.05) is 0 Å². The third-order valence-electron chi connectivity index (χ3n) is 1.91. The van der Waals surface area contributed by atoms with Gasteiger partial charge in [0.15, 0.2) is 0 Å². The molecule has 13 heavy (non-hydrogen) atoms. The van der Waals surface area contributed by atoms with E-state index in [1.165, 1.54) is 12.1 Å². The van der Waals surface area contributed by atoms with Crippen LogP contribution in [0.5, 0.6) is 5.75 Å². The summed E-state index contributed by atoms with van der Waals surface area (Å²) in [6, 6.07) is 6.00. The number of hydrogen-bond donors (Lipinski definition) is 3. The molecule has 0 aliphatic rings. The molecule has 0 unspecified atom stereocenters. The van der Waals surface area contributed by atoms with Crippen LogP contribution in [0, 0.1) is 0 Å². The fourth-order valence-corrected chi connectivity index (χ4v) is 1.26. The van der Waals surface area contributed by atoms with E-state index in [0.717, 1.165) is 0 Å². The van der Waals surface area contributed by atoms with Crippen molar-refractivity contribution >= 4 is 16.6 Å². The van der Waals surface area contributed by atoms with Crippen molar-refractivity contribution in [3.8, 4) is 5.75 Å². The minimum absolute atomic E-state index is 0.0295. The predicted molar refractivity (Wildman–Crippen MR) is 50.6 cm³/mol. The van der Waals surface area contributed by atoms with Crippen LogP contribution in [-0.4, -0.2) is 10.1 Å². The first-order valence-electron chi connectivity index (χ1n) is 3.79. The average molecular weight is 176 g/mol. The number of aromatic hydroxyl groups is 1. The fraction of sp³-hybridized carbons (Fsp3) is 0. The van der Waals surface area contributed by atoms with E-state index in [0.29, 0.717) is 16.6 Å². The Bertz CT molecular complexity index is 516. The second-order valence-electron chi connectivity index (χ2n) is 2.79. The number of phenols is 1. The van der Waals surface area contributed by atoms with Gasteiger partial charge in [0.25, 0.3) is 0 Å². The summed E-state index contributed by atoms with van der Waals surface area (Å²) in [7, 11) is 0. The summed E-state index contributed by atoms with van der Waals surface area (Å²) in [6.45, 7) is 0. The topological polar surface area (TPSA) is 79.1 Å². The lowest BCUT2D eigenvalue weighted by atomic mass is 10.2. The number of phenolic OH excluding ortho intramolecular Hbond substituents is 1. The zero-order valence-corrected chi connectivity index (χ0v) is 6.74. The van der Waals surface area contributed by atoms with E-state index in [9.17, 15) is 9.90 Å². The van der Waals surface area contributed by atoms with Crippen LogP contribution in [0.3, 0.4) is 0 Å². The SMILES string of the molecule is Nc1ccc(O)c2[nH]c(=O)ccc12. The van der Waals surface area contributed by atoms with Crippen LogP contribution in [0.4, 0.5) is 5.69 Å². The average Bonchev–Trinajstić information content (AvgIpc) is 2.12. The van der Waals surface area contributed by atoms with Crippen LogP contribution in [0.2, 0.25) is 0 Å². The van der Waals surface area contributed by atoms with Crippen molar-refractivity contribution in [1.82, 2.24) is 4.98 Å². The maximum atomic E-state index is 10.9. The number of rotatable bonds is 0. The number of nitrogens with one attached hydrogen (secondary N) is 1. The first kappa shape index (κ1) is 7.67. The summed E-state index contributed by atoms with van der Waals surface area (Å²) in [6.07, 6.45) is 0. The molecule has 0 saturated heterocycles. The first-order chi connectivity index (χ1) is 6.18. The molecule has 0 radical (unpaired) electrons. The molecule has 1 aromatic heterocycles. The maximum absolute atomic E-state index is 10.9. The van der Waals surface area contributed by atoms with E-state index in [4.69, 9.17) is 5.73 Å². The van der Waals surface area contributed by atoms with Gasteiger partial charge < -0.3 is 15.8 Å². The van der Waals surface area contributed by atoms with Crippen molar-refractivity contribution in [2.75, 3.05) is 5.73 Å². The van der Waals surface area contributed by atoms with Gasteiger partial charge in [0.2, 0.25) is 5.56 Å². The highest BCUT2D eigenvalue weighted by molar-refractivity contribution is 5.93. The van der Waals surface area contributed by atoms with Crippen molar-refractivity contribution in [3.63, 3.8) is 0 Å². The molecular formula is C9H8N2O2. The largest absolute Gasteiger partial charge is 0.506 e. The third kappa shape index (κ3) is 1.12. The molecule has 4 nitrogen and oxygen atoms in total. The van der Waals surface area contributed by atoms with Crippen LogP contribution < -0.4 is 11.3 Å². The highest BCUT2D eigenvalue weighted by Gasteiger charge is 2.02. The number of H-pyrrole nitrogens is 1. The van der Waals surface area contributed by atoms with Crippen molar-refractivity contribution in [1.29, 1.82) is 0 Å². The van der Waals surface area contributed by atoms with Crippen LogP contribution in [-0.2, 0) is 0 Å². The van der Waals surface area contributed by atoms with E-state index in [2.05, 4.69) is 4.98 Å². The van der Waals surface area contributed by atoms with Gasteiger partial charge in [-0.1, -0.05) is 0 Å². The summed E-state index contributed by atoms with van der Waals surface area (Å²) in [5.74, 6) is 0.0295. The van der Waals surface area contributed by atoms with Crippen LogP contribution in [0.25, 0.3) is 10.9 Å². The first-order valence-corrected chi connectivity index (χ1v) is 3.79. The molecule has 4 heteroatoms. The number of pyridine rings is 1. The summed E-state index contributed by atoms with van der Waals surface area (Å²) in [4.78, 5) is 13.5. The fourth-order valence-electron chi connectivity index (χ4n) is 1.26. The van der Waals surface area contributed by atoms with Gasteiger partial charge in [-0.05, 0) is 18.2 Å². The number of fused-ring (bicyclic) bond motifs is 1. The van der Waals surface area contributed by atoms with Gasteiger partial charge in [-0.25, -0.2) is 0 Å². The van der Waals surface area contributed by atoms with Gasteiger partial charge in [-0.3, -0.25) is 4.79 Å². The zero-order chi connectivity index (χ0) is 9.42. The van der Waals surface area contributed by atoms with Gasteiger partial charge in [-0.2, -0.15) is 0 Å². The Morgan fingerprint density at radius 2 is 2.00 bits per heavy atom.